The fraction of sp³-hybridized carbons (Fsp3) is 0.111. The molecule has 0 radical (unpaired) electrons. The highest BCUT2D eigenvalue weighted by atomic mass is 19.1. The largest absolute Gasteiger partial charge is 0.454 e. The molecule has 0 fully saturated rings. The van der Waals surface area contributed by atoms with Gasteiger partial charge in [-0.25, -0.2) is 9.18 Å². The average molecular weight is 343 g/mol. The zero-order valence-corrected chi connectivity index (χ0v) is 13.3. The molecule has 0 saturated carbocycles. The molecule has 0 aliphatic heterocycles. The number of hydrogen-bond donors (Lipinski definition) is 0. The first-order chi connectivity index (χ1) is 11.9. The maximum atomic E-state index is 13.0. The first kappa shape index (κ1) is 18.0. The first-order valence-electron chi connectivity index (χ1n) is 7.25. The van der Waals surface area contributed by atoms with Crippen LogP contribution in [0.15, 0.2) is 48.5 Å². The number of halogens is 1. The van der Waals surface area contributed by atoms with Gasteiger partial charge in [0, 0.05) is 23.3 Å². The fourth-order valence-electron chi connectivity index (χ4n) is 2.02. The minimum atomic E-state index is -0.778. The van der Waals surface area contributed by atoms with Gasteiger partial charge in [0.2, 0.25) is 5.78 Å². The molecule has 0 atom stereocenters. The number of hydrogen-bond acceptors (Lipinski definition) is 5. The Labute approximate surface area is 142 Å². The van der Waals surface area contributed by atoms with E-state index >= 15 is 0 Å². The lowest BCUT2D eigenvalue weighted by atomic mass is 10.1. The Bertz CT molecular complexity index is 860. The van der Waals surface area contributed by atoms with Crippen LogP contribution >= 0.6 is 0 Å². The third-order valence-corrected chi connectivity index (χ3v) is 3.33. The van der Waals surface area contributed by atoms with Crippen molar-refractivity contribution in [3.05, 3.63) is 81.2 Å². The molecular formula is C18H14FNO5. The highest BCUT2D eigenvalue weighted by molar-refractivity contribution is 5.99. The van der Waals surface area contributed by atoms with E-state index in [-0.39, 0.29) is 11.3 Å². The van der Waals surface area contributed by atoms with Crippen LogP contribution in [0.3, 0.4) is 0 Å². The van der Waals surface area contributed by atoms with E-state index in [1.807, 2.05) is 0 Å². The van der Waals surface area contributed by atoms with Crippen molar-refractivity contribution in [2.75, 3.05) is 6.61 Å². The second-order valence-corrected chi connectivity index (χ2v) is 5.18. The van der Waals surface area contributed by atoms with Crippen LogP contribution in [0.5, 0.6) is 0 Å². The predicted molar refractivity (Wildman–Crippen MR) is 88.6 cm³/mol. The Kier molecular flexibility index (Phi) is 5.73. The molecule has 0 unspecified atom stereocenters. The van der Waals surface area contributed by atoms with Gasteiger partial charge in [-0.2, -0.15) is 0 Å². The molecular weight excluding hydrogens is 329 g/mol. The monoisotopic (exact) mass is 343 g/mol. The third kappa shape index (κ3) is 5.07. The molecule has 128 valence electrons. The number of ether oxygens (including phenoxy) is 1. The molecule has 0 amide bonds. The van der Waals surface area contributed by atoms with E-state index in [9.17, 15) is 24.1 Å². The average Bonchev–Trinajstić information content (AvgIpc) is 2.58. The zero-order chi connectivity index (χ0) is 18.4. The van der Waals surface area contributed by atoms with Crippen molar-refractivity contribution in [3.63, 3.8) is 0 Å². The van der Waals surface area contributed by atoms with Gasteiger partial charge in [-0.3, -0.25) is 14.9 Å². The molecule has 2 rings (SSSR count). The van der Waals surface area contributed by atoms with Crippen molar-refractivity contribution in [2.24, 2.45) is 0 Å². The molecule has 0 aromatic heterocycles. The number of nitro groups is 1. The number of Topliss-reactive ketones (excluding diaryl/α,β-unsaturated/α-hetero) is 1. The van der Waals surface area contributed by atoms with Crippen molar-refractivity contribution in [2.45, 2.75) is 6.92 Å². The minimum Gasteiger partial charge on any atom is -0.454 e. The van der Waals surface area contributed by atoms with E-state index < -0.39 is 29.1 Å². The van der Waals surface area contributed by atoms with Gasteiger partial charge in [-0.05, 0) is 30.7 Å². The second-order valence-electron chi connectivity index (χ2n) is 5.18. The smallest absolute Gasteiger partial charge is 0.331 e. The van der Waals surface area contributed by atoms with Crippen molar-refractivity contribution in [3.8, 4) is 0 Å². The number of rotatable bonds is 6. The van der Waals surface area contributed by atoms with Gasteiger partial charge in [0.25, 0.3) is 5.69 Å². The summed E-state index contributed by atoms with van der Waals surface area (Å²) in [5, 5.41) is 10.9. The first-order valence-corrected chi connectivity index (χ1v) is 7.25. The summed E-state index contributed by atoms with van der Waals surface area (Å²) in [6.07, 6.45) is 2.42. The van der Waals surface area contributed by atoms with E-state index in [1.54, 1.807) is 13.0 Å². The number of esters is 1. The van der Waals surface area contributed by atoms with E-state index in [0.717, 1.165) is 12.1 Å². The molecule has 0 spiro atoms. The van der Waals surface area contributed by atoms with Crippen LogP contribution in [0, 0.1) is 22.9 Å². The Morgan fingerprint density at radius 2 is 2.00 bits per heavy atom. The molecule has 7 heteroatoms. The van der Waals surface area contributed by atoms with Crippen molar-refractivity contribution in [1.29, 1.82) is 0 Å². The maximum Gasteiger partial charge on any atom is 0.331 e. The molecule has 6 nitrogen and oxygen atoms in total. The van der Waals surface area contributed by atoms with E-state index in [4.69, 9.17) is 4.74 Å². The number of benzene rings is 2. The van der Waals surface area contributed by atoms with Gasteiger partial charge >= 0.3 is 5.97 Å². The van der Waals surface area contributed by atoms with Crippen molar-refractivity contribution >= 4 is 23.5 Å². The lowest BCUT2D eigenvalue weighted by molar-refractivity contribution is -0.385. The summed E-state index contributed by atoms with van der Waals surface area (Å²) in [4.78, 5) is 33.9. The Balaban J connectivity index is 1.96. The Morgan fingerprint density at radius 3 is 2.68 bits per heavy atom. The summed E-state index contributed by atoms with van der Waals surface area (Å²) in [5.74, 6) is -1.78. The van der Waals surface area contributed by atoms with Crippen LogP contribution in [0.2, 0.25) is 0 Å². The van der Waals surface area contributed by atoms with Crippen LogP contribution in [0.4, 0.5) is 10.1 Å². The van der Waals surface area contributed by atoms with Crippen molar-refractivity contribution < 1.29 is 23.6 Å². The van der Waals surface area contributed by atoms with Crippen LogP contribution < -0.4 is 0 Å². The number of ketones is 1. The van der Waals surface area contributed by atoms with Gasteiger partial charge in [0.05, 0.1) is 4.92 Å². The van der Waals surface area contributed by atoms with Crippen molar-refractivity contribution in [1.82, 2.24) is 0 Å². The third-order valence-electron chi connectivity index (χ3n) is 3.33. The number of nitrogens with zero attached hydrogens (tertiary/aromatic N) is 1. The summed E-state index contributed by atoms with van der Waals surface area (Å²) in [6.45, 7) is 1.01. The number of carbonyl (C=O) groups excluding carboxylic acids is 2. The lowest BCUT2D eigenvalue weighted by Crippen LogP contribution is -2.13. The lowest BCUT2D eigenvalue weighted by Gasteiger charge is -2.03. The van der Waals surface area contributed by atoms with Gasteiger partial charge in [0.1, 0.15) is 5.82 Å². The molecule has 0 aliphatic rings. The molecule has 0 heterocycles. The highest BCUT2D eigenvalue weighted by Gasteiger charge is 2.15. The molecule has 0 aliphatic carbocycles. The summed E-state index contributed by atoms with van der Waals surface area (Å²) in [5.41, 5.74) is 0.802. The maximum absolute atomic E-state index is 13.0. The summed E-state index contributed by atoms with van der Waals surface area (Å²) in [7, 11) is 0. The number of nitro benzene ring substituents is 1. The molecule has 0 N–H and O–H groups in total. The topological polar surface area (TPSA) is 86.5 Å². The van der Waals surface area contributed by atoms with Gasteiger partial charge in [-0.15, -0.1) is 0 Å². The summed E-state index contributed by atoms with van der Waals surface area (Å²) < 4.78 is 17.8. The Morgan fingerprint density at radius 1 is 1.24 bits per heavy atom. The number of aryl methyl sites for hydroxylation is 1. The van der Waals surface area contributed by atoms with E-state index in [2.05, 4.69) is 0 Å². The Hall–Kier alpha value is -3.35. The van der Waals surface area contributed by atoms with Gasteiger partial charge in [0.15, 0.2) is 6.61 Å². The standard InChI is InChI=1S/C18H14FNO5/c1-12-5-7-14(10-16(12)20(23)24)17(21)11-25-18(22)8-6-13-3-2-4-15(19)9-13/h2-10H,11H2,1H3/b8-6+. The molecule has 0 bridgehead atoms. The van der Waals surface area contributed by atoms with E-state index in [1.165, 1.54) is 36.4 Å². The predicted octanol–water partition coefficient (Wildman–Crippen LogP) is 3.48. The molecule has 0 saturated heterocycles. The normalized spacial score (nSPS) is 10.6. The molecule has 25 heavy (non-hydrogen) atoms. The molecule has 2 aromatic carbocycles. The van der Waals surface area contributed by atoms with Gasteiger partial charge in [-0.1, -0.05) is 24.3 Å². The minimum absolute atomic E-state index is 0.0826. The summed E-state index contributed by atoms with van der Waals surface area (Å²) >= 11 is 0. The quantitative estimate of drug-likeness (QED) is 0.263. The van der Waals surface area contributed by atoms with Gasteiger partial charge < -0.3 is 4.74 Å². The number of carbonyl (C=O) groups is 2. The zero-order valence-electron chi connectivity index (χ0n) is 13.3. The van der Waals surface area contributed by atoms with E-state index in [0.29, 0.717) is 11.1 Å². The van der Waals surface area contributed by atoms with Crippen LogP contribution in [-0.4, -0.2) is 23.3 Å². The van der Waals surface area contributed by atoms with Crippen LogP contribution in [-0.2, 0) is 9.53 Å². The van der Waals surface area contributed by atoms with Crippen LogP contribution in [0.25, 0.3) is 6.08 Å². The fourth-order valence-corrected chi connectivity index (χ4v) is 2.02. The SMILES string of the molecule is Cc1ccc(C(=O)COC(=O)/C=C/c2cccc(F)c2)cc1[N+](=O)[O-]. The molecule has 2 aromatic rings. The summed E-state index contributed by atoms with van der Waals surface area (Å²) in [6, 6.07) is 9.64. The highest BCUT2D eigenvalue weighted by Crippen LogP contribution is 2.19. The van der Waals surface area contributed by atoms with Crippen LogP contribution in [0.1, 0.15) is 21.5 Å². The second kappa shape index (κ2) is 7.96.